The monoisotopic (exact) mass is 384 g/mol. The number of aromatic carboxylic acids is 1. The van der Waals surface area contributed by atoms with Crippen LogP contribution in [-0.4, -0.2) is 16.1 Å². The molecule has 0 spiro atoms. The van der Waals surface area contributed by atoms with Crippen LogP contribution in [0.1, 0.15) is 16.1 Å². The Bertz CT molecular complexity index is 1050. The molecule has 3 aromatic rings. The fourth-order valence-corrected chi connectivity index (χ4v) is 2.29. The predicted molar refractivity (Wildman–Crippen MR) is 93.9 cm³/mol. The van der Waals surface area contributed by atoms with Gasteiger partial charge in [0.25, 0.3) is 0 Å². The molecule has 0 aliphatic rings. The van der Waals surface area contributed by atoms with Gasteiger partial charge in [-0.2, -0.15) is 5.26 Å². The largest absolute Gasteiger partial charge is 0.476 e. The second-order valence-corrected chi connectivity index (χ2v) is 5.62. The lowest BCUT2D eigenvalue weighted by Crippen LogP contribution is -2.02. The number of rotatable bonds is 5. The third kappa shape index (κ3) is 4.32. The first-order valence-corrected chi connectivity index (χ1v) is 7.89. The van der Waals surface area contributed by atoms with Gasteiger partial charge in [0.2, 0.25) is 5.88 Å². The van der Waals surface area contributed by atoms with Crippen LogP contribution in [0.5, 0.6) is 23.1 Å². The maximum absolute atomic E-state index is 13.9. The summed E-state index contributed by atoms with van der Waals surface area (Å²) in [6, 6.07) is 14.7. The van der Waals surface area contributed by atoms with Crippen LogP contribution < -0.4 is 9.47 Å². The molecule has 1 N–H and O–H groups in total. The Morgan fingerprint density at radius 3 is 2.33 bits per heavy atom. The average molecular weight is 385 g/mol. The van der Waals surface area contributed by atoms with E-state index >= 15 is 0 Å². The van der Waals surface area contributed by atoms with Crippen LogP contribution in [0, 0.1) is 17.1 Å². The number of nitriles is 1. The number of hydrogen-bond acceptors (Lipinski definition) is 5. The first-order valence-electron chi connectivity index (χ1n) is 7.51. The fraction of sp³-hybridized carbons (Fsp3) is 0. The zero-order valence-corrected chi connectivity index (χ0v) is 14.3. The molecular weight excluding hydrogens is 375 g/mol. The summed E-state index contributed by atoms with van der Waals surface area (Å²) in [6.45, 7) is 0. The van der Waals surface area contributed by atoms with E-state index in [0.717, 1.165) is 6.07 Å². The van der Waals surface area contributed by atoms with E-state index in [1.54, 1.807) is 24.3 Å². The molecule has 2 aromatic carbocycles. The number of carboxylic acids is 1. The average Bonchev–Trinajstić information content (AvgIpc) is 2.66. The van der Waals surface area contributed by atoms with Crippen molar-refractivity contribution in [2.75, 3.05) is 0 Å². The summed E-state index contributed by atoms with van der Waals surface area (Å²) in [5.74, 6) is -1.16. The molecule has 0 saturated heterocycles. The van der Waals surface area contributed by atoms with Crippen LogP contribution in [0.25, 0.3) is 0 Å². The zero-order valence-electron chi connectivity index (χ0n) is 13.5. The molecule has 0 unspecified atom stereocenters. The number of halogens is 2. The van der Waals surface area contributed by atoms with Crippen LogP contribution >= 0.6 is 11.6 Å². The molecule has 0 fully saturated rings. The molecule has 8 heteroatoms. The van der Waals surface area contributed by atoms with E-state index in [4.69, 9.17) is 31.4 Å². The first-order chi connectivity index (χ1) is 13.0. The van der Waals surface area contributed by atoms with Gasteiger partial charge >= 0.3 is 5.97 Å². The van der Waals surface area contributed by atoms with Crippen molar-refractivity contribution in [3.8, 4) is 29.2 Å². The van der Waals surface area contributed by atoms with Gasteiger partial charge < -0.3 is 14.6 Å². The van der Waals surface area contributed by atoms with Crippen molar-refractivity contribution in [2.24, 2.45) is 0 Å². The topological polar surface area (TPSA) is 92.4 Å². The number of pyridine rings is 1. The molecule has 27 heavy (non-hydrogen) atoms. The molecule has 3 rings (SSSR count). The smallest absolute Gasteiger partial charge is 0.356 e. The van der Waals surface area contributed by atoms with Gasteiger partial charge in [0, 0.05) is 6.07 Å². The van der Waals surface area contributed by atoms with Gasteiger partial charge in [-0.1, -0.05) is 11.6 Å². The number of aromatic nitrogens is 1. The molecule has 1 heterocycles. The Balaban J connectivity index is 1.73. The molecule has 0 amide bonds. The third-order valence-corrected chi connectivity index (χ3v) is 3.66. The maximum atomic E-state index is 13.9. The number of benzene rings is 2. The normalized spacial score (nSPS) is 10.1. The molecular formula is C19H10ClFN2O4. The van der Waals surface area contributed by atoms with Crippen LogP contribution in [0.4, 0.5) is 4.39 Å². The van der Waals surface area contributed by atoms with Gasteiger partial charge in [0.05, 0.1) is 16.7 Å². The van der Waals surface area contributed by atoms with Crippen LogP contribution in [0.15, 0.2) is 54.6 Å². The minimum Gasteiger partial charge on any atom is -0.476 e. The maximum Gasteiger partial charge on any atom is 0.356 e. The lowest BCUT2D eigenvalue weighted by molar-refractivity contribution is 0.0690. The summed E-state index contributed by atoms with van der Waals surface area (Å²) < 4.78 is 24.8. The Labute approximate surface area is 158 Å². The summed E-state index contributed by atoms with van der Waals surface area (Å²) >= 11 is 5.76. The Kier molecular flexibility index (Phi) is 5.20. The lowest BCUT2D eigenvalue weighted by atomic mass is 10.2. The summed E-state index contributed by atoms with van der Waals surface area (Å²) in [7, 11) is 0. The lowest BCUT2D eigenvalue weighted by Gasteiger charge is -2.09. The minimum atomic E-state index is -1.27. The third-order valence-electron chi connectivity index (χ3n) is 3.36. The Hall–Kier alpha value is -3.63. The number of carboxylic acid groups (broad SMARTS) is 1. The van der Waals surface area contributed by atoms with Gasteiger partial charge in [-0.25, -0.2) is 14.2 Å². The standard InChI is InChI=1S/C19H10ClFN2O4/c20-14-6-8-17(23-18(14)19(24)25)27-13-4-2-12(3-5-13)26-16-7-1-11(10-22)9-15(16)21/h1-9H,(H,24,25). The molecule has 0 radical (unpaired) electrons. The van der Waals surface area contributed by atoms with E-state index in [1.807, 2.05) is 6.07 Å². The van der Waals surface area contributed by atoms with Gasteiger partial charge in [-0.3, -0.25) is 0 Å². The summed E-state index contributed by atoms with van der Waals surface area (Å²) in [5.41, 5.74) is -0.120. The molecule has 6 nitrogen and oxygen atoms in total. The van der Waals surface area contributed by atoms with Gasteiger partial charge in [0.1, 0.15) is 11.5 Å². The van der Waals surface area contributed by atoms with E-state index in [0.29, 0.717) is 11.5 Å². The van der Waals surface area contributed by atoms with E-state index in [-0.39, 0.29) is 27.9 Å². The van der Waals surface area contributed by atoms with E-state index in [1.165, 1.54) is 24.3 Å². The van der Waals surface area contributed by atoms with Crippen molar-refractivity contribution in [3.63, 3.8) is 0 Å². The molecule has 0 bridgehead atoms. The highest BCUT2D eigenvalue weighted by Crippen LogP contribution is 2.28. The molecule has 0 atom stereocenters. The zero-order chi connectivity index (χ0) is 19.4. The van der Waals surface area contributed by atoms with E-state index in [2.05, 4.69) is 4.98 Å². The van der Waals surface area contributed by atoms with Gasteiger partial charge in [-0.15, -0.1) is 0 Å². The van der Waals surface area contributed by atoms with Gasteiger partial charge in [0.15, 0.2) is 17.3 Å². The van der Waals surface area contributed by atoms with Crippen molar-refractivity contribution >= 4 is 17.6 Å². The number of nitrogens with zero attached hydrogens (tertiary/aromatic N) is 2. The predicted octanol–water partition coefficient (Wildman–Crippen LogP) is 5.03. The number of ether oxygens (including phenoxy) is 2. The van der Waals surface area contributed by atoms with Crippen molar-refractivity contribution in [1.82, 2.24) is 4.98 Å². The van der Waals surface area contributed by atoms with Crippen LogP contribution in [0.3, 0.4) is 0 Å². The molecule has 0 aliphatic heterocycles. The summed E-state index contributed by atoms with van der Waals surface area (Å²) in [6.07, 6.45) is 0. The minimum absolute atomic E-state index is 0.00282. The Morgan fingerprint density at radius 2 is 1.74 bits per heavy atom. The molecule has 0 saturated carbocycles. The van der Waals surface area contributed by atoms with Crippen molar-refractivity contribution in [3.05, 3.63) is 76.7 Å². The molecule has 134 valence electrons. The SMILES string of the molecule is N#Cc1ccc(Oc2ccc(Oc3ccc(Cl)c(C(=O)O)n3)cc2)c(F)c1. The van der Waals surface area contributed by atoms with Crippen molar-refractivity contribution in [2.45, 2.75) is 0 Å². The number of hydrogen-bond donors (Lipinski definition) is 1. The molecule has 0 aliphatic carbocycles. The highest BCUT2D eigenvalue weighted by molar-refractivity contribution is 6.33. The quantitative estimate of drug-likeness (QED) is 0.663. The van der Waals surface area contributed by atoms with E-state index in [9.17, 15) is 9.18 Å². The number of carbonyl (C=O) groups is 1. The highest BCUT2D eigenvalue weighted by Gasteiger charge is 2.12. The summed E-state index contributed by atoms with van der Waals surface area (Å²) in [4.78, 5) is 14.9. The highest BCUT2D eigenvalue weighted by atomic mass is 35.5. The second-order valence-electron chi connectivity index (χ2n) is 5.22. The van der Waals surface area contributed by atoms with Crippen LogP contribution in [-0.2, 0) is 0 Å². The Morgan fingerprint density at radius 1 is 1.07 bits per heavy atom. The summed E-state index contributed by atoms with van der Waals surface area (Å²) in [5, 5.41) is 17.8. The van der Waals surface area contributed by atoms with Gasteiger partial charge in [-0.05, 0) is 48.5 Å². The van der Waals surface area contributed by atoms with Crippen LogP contribution in [0.2, 0.25) is 5.02 Å². The van der Waals surface area contributed by atoms with Crippen molar-refractivity contribution < 1.29 is 23.8 Å². The second kappa shape index (κ2) is 7.72. The van der Waals surface area contributed by atoms with E-state index < -0.39 is 11.8 Å². The first kappa shape index (κ1) is 18.2. The molecule has 1 aromatic heterocycles. The fourth-order valence-electron chi connectivity index (χ4n) is 2.11. The van der Waals surface area contributed by atoms with Crippen molar-refractivity contribution in [1.29, 1.82) is 5.26 Å².